The number of hydrogen-bond acceptors (Lipinski definition) is 4. The van der Waals surface area contributed by atoms with E-state index in [1.165, 1.54) is 6.92 Å². The van der Waals surface area contributed by atoms with Gasteiger partial charge in [0, 0.05) is 5.69 Å². The zero-order valence-corrected chi connectivity index (χ0v) is 14.2. The molecule has 1 N–H and O–H groups in total. The van der Waals surface area contributed by atoms with Crippen LogP contribution in [0.2, 0.25) is 0 Å². The third-order valence-corrected chi connectivity index (χ3v) is 4.35. The minimum Gasteiger partial charge on any atom is -0.491 e. The quantitative estimate of drug-likeness (QED) is 0.747. The topological polar surface area (TPSA) is 68.5 Å². The van der Waals surface area contributed by atoms with Gasteiger partial charge in [-0.3, -0.25) is 4.79 Å². The van der Waals surface area contributed by atoms with Gasteiger partial charge in [0.15, 0.2) is 5.65 Å². The van der Waals surface area contributed by atoms with E-state index in [9.17, 15) is 18.0 Å². The standard InChI is InChI=1S/C18H15F3N4O2/c1-10-6-15(18(19,20)21)25-16(23-10)13(8-22-25)17(26)24-12-7-11-4-2-3-5-14(11)27-9-12/h2-6,8,12H,7,9H2,1H3,(H,24,26). The second-order valence-corrected chi connectivity index (χ2v) is 6.37. The molecule has 1 aliphatic heterocycles. The van der Waals surface area contributed by atoms with E-state index in [1.54, 1.807) is 0 Å². The fraction of sp³-hybridized carbons (Fsp3) is 0.278. The van der Waals surface area contributed by atoms with Crippen LogP contribution in [0.4, 0.5) is 13.2 Å². The van der Waals surface area contributed by atoms with Gasteiger partial charge in [0.05, 0.1) is 12.2 Å². The summed E-state index contributed by atoms with van der Waals surface area (Å²) in [5.41, 5.74) is 0.000493. The predicted molar refractivity (Wildman–Crippen MR) is 89.6 cm³/mol. The van der Waals surface area contributed by atoms with Gasteiger partial charge in [-0.15, -0.1) is 0 Å². The Morgan fingerprint density at radius 2 is 2.11 bits per heavy atom. The van der Waals surface area contributed by atoms with Gasteiger partial charge in [-0.05, 0) is 31.0 Å². The summed E-state index contributed by atoms with van der Waals surface area (Å²) in [6, 6.07) is 8.10. The van der Waals surface area contributed by atoms with Gasteiger partial charge in [0.2, 0.25) is 0 Å². The van der Waals surface area contributed by atoms with Crippen LogP contribution in [0.1, 0.15) is 27.3 Å². The molecule has 0 radical (unpaired) electrons. The van der Waals surface area contributed by atoms with Crippen LogP contribution in [0.15, 0.2) is 36.5 Å². The number of aromatic nitrogens is 3. The van der Waals surface area contributed by atoms with E-state index >= 15 is 0 Å². The summed E-state index contributed by atoms with van der Waals surface area (Å²) in [6.45, 7) is 1.72. The minimum absolute atomic E-state index is 0.0111. The zero-order valence-electron chi connectivity index (χ0n) is 14.2. The van der Waals surface area contributed by atoms with E-state index in [2.05, 4.69) is 15.4 Å². The van der Waals surface area contributed by atoms with Gasteiger partial charge in [-0.2, -0.15) is 18.3 Å². The van der Waals surface area contributed by atoms with Gasteiger partial charge < -0.3 is 10.1 Å². The number of carbonyl (C=O) groups is 1. The lowest BCUT2D eigenvalue weighted by Gasteiger charge is -2.25. The van der Waals surface area contributed by atoms with E-state index in [1.807, 2.05) is 24.3 Å². The van der Waals surface area contributed by atoms with Crippen molar-refractivity contribution in [1.29, 1.82) is 0 Å². The fourth-order valence-corrected chi connectivity index (χ4v) is 3.13. The molecule has 3 heterocycles. The Morgan fingerprint density at radius 3 is 2.89 bits per heavy atom. The first-order chi connectivity index (χ1) is 12.8. The first kappa shape index (κ1) is 17.3. The van der Waals surface area contributed by atoms with E-state index in [0.29, 0.717) is 10.9 Å². The summed E-state index contributed by atoms with van der Waals surface area (Å²) in [6.07, 6.45) is -2.93. The van der Waals surface area contributed by atoms with Gasteiger partial charge in [-0.1, -0.05) is 18.2 Å². The number of aryl methyl sites for hydroxylation is 1. The maximum Gasteiger partial charge on any atom is 0.433 e. The molecule has 0 saturated heterocycles. The van der Waals surface area contributed by atoms with Gasteiger partial charge in [-0.25, -0.2) is 9.50 Å². The van der Waals surface area contributed by atoms with Crippen LogP contribution in [-0.2, 0) is 12.6 Å². The summed E-state index contributed by atoms with van der Waals surface area (Å²) >= 11 is 0. The first-order valence-electron chi connectivity index (χ1n) is 8.27. The number of nitrogens with zero attached hydrogens (tertiary/aromatic N) is 3. The molecule has 0 fully saturated rings. The highest BCUT2D eigenvalue weighted by molar-refractivity contribution is 5.99. The highest BCUT2D eigenvalue weighted by Crippen LogP contribution is 2.30. The van der Waals surface area contributed by atoms with Crippen LogP contribution in [0.3, 0.4) is 0 Å². The van der Waals surface area contributed by atoms with Gasteiger partial charge in [0.1, 0.15) is 23.6 Å². The molecular weight excluding hydrogens is 361 g/mol. The zero-order chi connectivity index (χ0) is 19.2. The molecule has 6 nitrogen and oxygen atoms in total. The first-order valence-corrected chi connectivity index (χ1v) is 8.27. The van der Waals surface area contributed by atoms with Crippen molar-refractivity contribution < 1.29 is 22.7 Å². The summed E-state index contributed by atoms with van der Waals surface area (Å²) in [4.78, 5) is 16.7. The molecule has 3 aromatic rings. The van der Waals surface area contributed by atoms with Crippen molar-refractivity contribution in [3.8, 4) is 5.75 Å². The fourth-order valence-electron chi connectivity index (χ4n) is 3.13. The van der Waals surface area contributed by atoms with Crippen LogP contribution in [0, 0.1) is 6.92 Å². The highest BCUT2D eigenvalue weighted by atomic mass is 19.4. The number of nitrogens with one attached hydrogen (secondary N) is 1. The Kier molecular flexibility index (Phi) is 4.01. The molecule has 1 aliphatic rings. The SMILES string of the molecule is Cc1cc(C(F)(F)F)n2ncc(C(=O)NC3COc4ccccc4C3)c2n1. The predicted octanol–water partition coefficient (Wildman–Crippen LogP) is 2.79. The smallest absolute Gasteiger partial charge is 0.433 e. The molecule has 0 saturated carbocycles. The lowest BCUT2D eigenvalue weighted by Crippen LogP contribution is -2.42. The number of halogens is 3. The van der Waals surface area contributed by atoms with E-state index in [4.69, 9.17) is 4.74 Å². The molecule has 9 heteroatoms. The van der Waals surface area contributed by atoms with Crippen LogP contribution in [-0.4, -0.2) is 33.2 Å². The lowest BCUT2D eigenvalue weighted by molar-refractivity contribution is -0.142. The third kappa shape index (κ3) is 3.20. The van der Waals surface area contributed by atoms with E-state index < -0.39 is 17.8 Å². The molecule has 27 heavy (non-hydrogen) atoms. The molecular formula is C18H15F3N4O2. The average Bonchev–Trinajstić information content (AvgIpc) is 3.03. The van der Waals surface area contributed by atoms with Crippen molar-refractivity contribution in [2.24, 2.45) is 0 Å². The number of benzene rings is 1. The number of rotatable bonds is 2. The lowest BCUT2D eigenvalue weighted by atomic mass is 10.0. The van der Waals surface area contributed by atoms with Crippen molar-refractivity contribution in [3.05, 3.63) is 59.0 Å². The maximum atomic E-state index is 13.2. The number of alkyl halides is 3. The summed E-state index contributed by atoms with van der Waals surface area (Å²) < 4.78 is 45.9. The van der Waals surface area contributed by atoms with Gasteiger partial charge in [0.25, 0.3) is 5.91 Å². The molecule has 1 amide bonds. The normalized spacial score (nSPS) is 16.7. The van der Waals surface area contributed by atoms with Crippen molar-refractivity contribution in [2.75, 3.05) is 6.61 Å². The third-order valence-electron chi connectivity index (χ3n) is 4.35. The Bertz CT molecular complexity index is 1030. The summed E-state index contributed by atoms with van der Waals surface area (Å²) in [7, 11) is 0. The van der Waals surface area contributed by atoms with Crippen molar-refractivity contribution >= 4 is 11.6 Å². The molecule has 0 spiro atoms. The summed E-state index contributed by atoms with van der Waals surface area (Å²) in [5.74, 6) is 0.232. The Balaban J connectivity index is 1.62. The Hall–Kier alpha value is -3.10. The number of fused-ring (bicyclic) bond motifs is 2. The average molecular weight is 376 g/mol. The largest absolute Gasteiger partial charge is 0.491 e. The molecule has 0 aliphatic carbocycles. The number of ether oxygens (including phenoxy) is 1. The molecule has 1 aromatic carbocycles. The number of carbonyl (C=O) groups excluding carboxylic acids is 1. The minimum atomic E-state index is -4.60. The molecule has 4 rings (SSSR count). The van der Waals surface area contributed by atoms with Crippen molar-refractivity contribution in [3.63, 3.8) is 0 Å². The molecule has 1 unspecified atom stereocenters. The van der Waals surface area contributed by atoms with Crippen LogP contribution < -0.4 is 10.1 Å². The van der Waals surface area contributed by atoms with E-state index in [0.717, 1.165) is 23.6 Å². The Labute approximate surface area is 152 Å². The van der Waals surface area contributed by atoms with Crippen LogP contribution in [0.5, 0.6) is 5.75 Å². The second-order valence-electron chi connectivity index (χ2n) is 6.37. The van der Waals surface area contributed by atoms with Crippen molar-refractivity contribution in [1.82, 2.24) is 19.9 Å². The van der Waals surface area contributed by atoms with Crippen molar-refractivity contribution in [2.45, 2.75) is 25.6 Å². The van der Waals surface area contributed by atoms with Gasteiger partial charge >= 0.3 is 6.18 Å². The highest BCUT2D eigenvalue weighted by Gasteiger charge is 2.35. The number of hydrogen-bond donors (Lipinski definition) is 1. The second kappa shape index (κ2) is 6.26. The Morgan fingerprint density at radius 1 is 1.33 bits per heavy atom. The maximum absolute atomic E-state index is 13.2. The molecule has 0 bridgehead atoms. The van der Waals surface area contributed by atoms with Crippen LogP contribution in [0.25, 0.3) is 5.65 Å². The monoisotopic (exact) mass is 376 g/mol. The summed E-state index contributed by atoms with van der Waals surface area (Å²) in [5, 5.41) is 6.51. The molecule has 140 valence electrons. The molecule has 1 atom stereocenters. The van der Waals surface area contributed by atoms with Crippen LogP contribution >= 0.6 is 0 Å². The molecule has 2 aromatic heterocycles. The number of para-hydroxylation sites is 1. The van der Waals surface area contributed by atoms with E-state index in [-0.39, 0.29) is 29.6 Å². The number of amides is 1.